The van der Waals surface area contributed by atoms with E-state index in [1.807, 2.05) is 0 Å². The average Bonchev–Trinajstić information content (AvgIpc) is 2.94. The minimum atomic E-state index is -0.833. The molecule has 0 saturated carbocycles. The molecular weight excluding hydrogens is 418 g/mol. The zero-order valence-electron chi connectivity index (χ0n) is 17.4. The van der Waals surface area contributed by atoms with Crippen LogP contribution in [-0.2, 0) is 4.79 Å². The Bertz CT molecular complexity index is 1180. The van der Waals surface area contributed by atoms with E-state index in [0.717, 1.165) is 0 Å². The topological polar surface area (TPSA) is 67.9 Å². The Morgan fingerprint density at radius 1 is 0.938 bits per heavy atom. The third-order valence-corrected chi connectivity index (χ3v) is 5.29. The van der Waals surface area contributed by atoms with Gasteiger partial charge in [-0.15, -0.1) is 0 Å². The van der Waals surface area contributed by atoms with Crippen molar-refractivity contribution in [3.63, 3.8) is 0 Å². The van der Waals surface area contributed by atoms with Gasteiger partial charge < -0.3 is 19.7 Å². The fourth-order valence-corrected chi connectivity index (χ4v) is 3.81. The first-order valence-electron chi connectivity index (χ1n) is 9.79. The summed E-state index contributed by atoms with van der Waals surface area (Å²) in [5.74, 6) is -1.09. The Labute approximate surface area is 183 Å². The van der Waals surface area contributed by atoms with Crippen LogP contribution in [0.3, 0.4) is 0 Å². The number of ether oxygens (including phenoxy) is 2. The lowest BCUT2D eigenvalue weighted by Crippen LogP contribution is -2.39. The number of nitrogens with one attached hydrogen (secondary N) is 1. The van der Waals surface area contributed by atoms with Crippen LogP contribution in [0.2, 0.25) is 0 Å². The number of methoxy groups -OCH3 is 2. The summed E-state index contributed by atoms with van der Waals surface area (Å²) in [6.07, 6.45) is 0. The van der Waals surface area contributed by atoms with Crippen molar-refractivity contribution in [2.75, 3.05) is 26.1 Å². The molecule has 1 N–H and O–H groups in total. The summed E-state index contributed by atoms with van der Waals surface area (Å²) in [6.45, 7) is -0.286. The van der Waals surface area contributed by atoms with Crippen LogP contribution >= 0.6 is 0 Å². The normalized spacial score (nSPS) is 15.4. The number of hydrogen-bond acceptors (Lipinski definition) is 4. The summed E-state index contributed by atoms with van der Waals surface area (Å²) in [5, 5.41) is 2.72. The fourth-order valence-electron chi connectivity index (χ4n) is 3.81. The number of halogens is 2. The van der Waals surface area contributed by atoms with Crippen molar-refractivity contribution in [2.45, 2.75) is 6.04 Å². The second kappa shape index (κ2) is 8.66. The Kier molecular flexibility index (Phi) is 5.77. The molecule has 0 unspecified atom stereocenters. The van der Waals surface area contributed by atoms with Crippen LogP contribution in [-0.4, -0.2) is 37.5 Å². The highest BCUT2D eigenvalue weighted by Crippen LogP contribution is 2.38. The third kappa shape index (κ3) is 3.99. The van der Waals surface area contributed by atoms with E-state index >= 15 is 0 Å². The maximum atomic E-state index is 14.2. The van der Waals surface area contributed by atoms with Gasteiger partial charge in [-0.2, -0.15) is 0 Å². The van der Waals surface area contributed by atoms with Gasteiger partial charge in [0.15, 0.2) is 11.5 Å². The lowest BCUT2D eigenvalue weighted by Gasteiger charge is -2.31. The van der Waals surface area contributed by atoms with Gasteiger partial charge in [0, 0.05) is 16.8 Å². The summed E-state index contributed by atoms with van der Waals surface area (Å²) in [5.41, 5.74) is 1.55. The van der Waals surface area contributed by atoms with Crippen molar-refractivity contribution >= 4 is 17.5 Å². The van der Waals surface area contributed by atoms with Crippen LogP contribution in [0.15, 0.2) is 60.7 Å². The number of carbonyl (C=O) groups excluding carboxylic acids is 2. The number of carbonyl (C=O) groups is 2. The van der Waals surface area contributed by atoms with Crippen LogP contribution in [0.5, 0.6) is 11.5 Å². The van der Waals surface area contributed by atoms with Gasteiger partial charge in [-0.1, -0.05) is 12.1 Å². The summed E-state index contributed by atoms with van der Waals surface area (Å²) in [7, 11) is 2.93. The highest BCUT2D eigenvalue weighted by molar-refractivity contribution is 6.01. The van der Waals surface area contributed by atoms with Gasteiger partial charge in [0.25, 0.3) is 5.91 Å². The molecule has 0 fully saturated rings. The van der Waals surface area contributed by atoms with Gasteiger partial charge >= 0.3 is 0 Å². The average molecular weight is 438 g/mol. The molecule has 0 radical (unpaired) electrons. The first-order valence-corrected chi connectivity index (χ1v) is 9.79. The molecule has 1 aliphatic heterocycles. The van der Waals surface area contributed by atoms with Gasteiger partial charge in [-0.25, -0.2) is 8.78 Å². The van der Waals surface area contributed by atoms with Crippen molar-refractivity contribution in [1.29, 1.82) is 0 Å². The number of nitrogens with zero attached hydrogens (tertiary/aromatic N) is 1. The lowest BCUT2D eigenvalue weighted by molar-refractivity contribution is -0.117. The fraction of sp³-hybridized carbons (Fsp3) is 0.167. The van der Waals surface area contributed by atoms with Gasteiger partial charge in [0.1, 0.15) is 18.2 Å². The highest BCUT2D eigenvalue weighted by atomic mass is 19.1. The van der Waals surface area contributed by atoms with Crippen molar-refractivity contribution < 1.29 is 27.8 Å². The Morgan fingerprint density at radius 2 is 1.62 bits per heavy atom. The molecule has 4 rings (SSSR count). The maximum Gasteiger partial charge on any atom is 0.255 e. The van der Waals surface area contributed by atoms with E-state index in [1.54, 1.807) is 12.1 Å². The quantitative estimate of drug-likeness (QED) is 0.664. The molecule has 3 aromatic rings. The molecule has 3 aromatic carbocycles. The monoisotopic (exact) mass is 438 g/mol. The predicted octanol–water partition coefficient (Wildman–Crippen LogP) is 4.17. The van der Waals surface area contributed by atoms with Gasteiger partial charge in [0.05, 0.1) is 20.3 Å². The molecule has 0 spiro atoms. The molecule has 0 aliphatic carbocycles. The van der Waals surface area contributed by atoms with Gasteiger partial charge in [0.2, 0.25) is 5.91 Å². The molecule has 0 bridgehead atoms. The summed E-state index contributed by atoms with van der Waals surface area (Å²) >= 11 is 0. The van der Waals surface area contributed by atoms with E-state index < -0.39 is 29.5 Å². The van der Waals surface area contributed by atoms with Crippen molar-refractivity contribution in [1.82, 2.24) is 4.90 Å². The minimum absolute atomic E-state index is 0.252. The SMILES string of the molecule is COc1ccc(C(=O)N2CC(=O)Nc3ccc(F)cc3[C@H]2c2ccc(F)cc2)cc1OC. The highest BCUT2D eigenvalue weighted by Gasteiger charge is 2.34. The number of anilines is 1. The van der Waals surface area contributed by atoms with E-state index in [4.69, 9.17) is 9.47 Å². The molecule has 8 heteroatoms. The standard InChI is InChI=1S/C24H20F2N2O4/c1-31-20-10-5-15(11-21(20)32-2)24(30)28-13-22(29)27-19-9-8-17(26)12-18(19)23(28)14-3-6-16(25)7-4-14/h3-12,23H,13H2,1-2H3,(H,27,29)/t23-/m1/s1. The molecule has 1 aliphatic rings. The maximum absolute atomic E-state index is 14.2. The van der Waals surface area contributed by atoms with Gasteiger partial charge in [-0.05, 0) is 54.1 Å². The molecule has 6 nitrogen and oxygen atoms in total. The van der Waals surface area contributed by atoms with E-state index in [0.29, 0.717) is 28.3 Å². The van der Waals surface area contributed by atoms with E-state index in [9.17, 15) is 18.4 Å². The van der Waals surface area contributed by atoms with Crippen LogP contribution in [0.4, 0.5) is 14.5 Å². The van der Waals surface area contributed by atoms with E-state index in [2.05, 4.69) is 5.32 Å². The van der Waals surface area contributed by atoms with Crippen LogP contribution in [0.25, 0.3) is 0 Å². The number of hydrogen-bond donors (Lipinski definition) is 1. The van der Waals surface area contributed by atoms with Crippen molar-refractivity contribution in [3.8, 4) is 11.5 Å². The predicted molar refractivity (Wildman–Crippen MR) is 114 cm³/mol. The molecular formula is C24H20F2N2O4. The molecule has 32 heavy (non-hydrogen) atoms. The number of benzene rings is 3. The van der Waals surface area contributed by atoms with Crippen molar-refractivity contribution in [2.24, 2.45) is 0 Å². The van der Waals surface area contributed by atoms with Crippen LogP contribution in [0.1, 0.15) is 27.5 Å². The Morgan fingerprint density at radius 3 is 2.31 bits per heavy atom. The van der Waals surface area contributed by atoms with Gasteiger partial charge in [-0.3, -0.25) is 9.59 Å². The van der Waals surface area contributed by atoms with Crippen LogP contribution in [0, 0.1) is 11.6 Å². The largest absolute Gasteiger partial charge is 0.493 e. The smallest absolute Gasteiger partial charge is 0.255 e. The third-order valence-electron chi connectivity index (χ3n) is 5.29. The number of amides is 2. The molecule has 1 atom stereocenters. The first-order chi connectivity index (χ1) is 15.4. The molecule has 1 heterocycles. The number of rotatable bonds is 4. The second-order valence-corrected chi connectivity index (χ2v) is 7.24. The molecule has 2 amide bonds. The van der Waals surface area contributed by atoms with E-state index in [-0.39, 0.29) is 12.1 Å². The number of fused-ring (bicyclic) bond motifs is 1. The van der Waals surface area contributed by atoms with E-state index in [1.165, 1.54) is 67.7 Å². The Balaban J connectivity index is 1.87. The molecule has 0 aromatic heterocycles. The summed E-state index contributed by atoms with van der Waals surface area (Å²) in [4.78, 5) is 27.5. The van der Waals surface area contributed by atoms with Crippen molar-refractivity contribution in [3.05, 3.63) is 89.0 Å². The second-order valence-electron chi connectivity index (χ2n) is 7.24. The summed E-state index contributed by atoms with van der Waals surface area (Å²) < 4.78 is 38.3. The van der Waals surface area contributed by atoms with Crippen LogP contribution < -0.4 is 14.8 Å². The summed E-state index contributed by atoms with van der Waals surface area (Å²) in [6, 6.07) is 13.3. The molecule has 0 saturated heterocycles. The lowest BCUT2D eigenvalue weighted by atomic mass is 9.95. The zero-order valence-corrected chi connectivity index (χ0v) is 17.4. The minimum Gasteiger partial charge on any atom is -0.493 e. The molecule has 164 valence electrons. The first kappa shape index (κ1) is 21.3. The zero-order chi connectivity index (χ0) is 22.8. The Hall–Kier alpha value is -3.94.